The van der Waals surface area contributed by atoms with Crippen LogP contribution < -0.4 is 5.32 Å². The fraction of sp³-hybridized carbons (Fsp3) is 0.833. The topological polar surface area (TPSA) is 15.3 Å². The van der Waals surface area contributed by atoms with Gasteiger partial charge in [0.05, 0.1) is 0 Å². The third kappa shape index (κ3) is 4.25. The van der Waals surface area contributed by atoms with Gasteiger partial charge >= 0.3 is 0 Å². The lowest BCUT2D eigenvalue weighted by Gasteiger charge is -2.23. The van der Waals surface area contributed by atoms with E-state index in [2.05, 4.69) is 30.8 Å². The van der Waals surface area contributed by atoms with Gasteiger partial charge in [-0.15, -0.1) is 0 Å². The van der Waals surface area contributed by atoms with E-state index < -0.39 is 0 Å². The molecule has 0 aromatic rings. The van der Waals surface area contributed by atoms with Crippen molar-refractivity contribution in [1.82, 2.24) is 10.2 Å². The van der Waals surface area contributed by atoms with Crippen LogP contribution in [0.4, 0.5) is 0 Å². The predicted molar refractivity (Wildman–Crippen MR) is 62.6 cm³/mol. The van der Waals surface area contributed by atoms with Crippen LogP contribution in [-0.4, -0.2) is 37.6 Å². The lowest BCUT2D eigenvalue weighted by molar-refractivity contribution is 0.246. The van der Waals surface area contributed by atoms with E-state index in [4.69, 9.17) is 0 Å². The van der Waals surface area contributed by atoms with Crippen LogP contribution in [0.15, 0.2) is 12.2 Å². The minimum Gasteiger partial charge on any atom is -0.312 e. The van der Waals surface area contributed by atoms with Gasteiger partial charge in [-0.1, -0.05) is 25.0 Å². The van der Waals surface area contributed by atoms with Gasteiger partial charge in [0.1, 0.15) is 0 Å². The molecule has 0 amide bonds. The van der Waals surface area contributed by atoms with Gasteiger partial charge in [0.2, 0.25) is 0 Å². The second kappa shape index (κ2) is 6.20. The summed E-state index contributed by atoms with van der Waals surface area (Å²) in [4.78, 5) is 2.50. The summed E-state index contributed by atoms with van der Waals surface area (Å²) in [5.74, 6) is 0. The summed E-state index contributed by atoms with van der Waals surface area (Å²) >= 11 is 0. The molecule has 2 heteroatoms. The highest BCUT2D eigenvalue weighted by Crippen LogP contribution is 2.21. The molecule has 0 aliphatic heterocycles. The molecular formula is C12H24N2. The number of hydrogen-bond donors (Lipinski definition) is 1. The molecule has 0 heterocycles. The molecule has 0 radical (unpaired) electrons. The quantitative estimate of drug-likeness (QED) is 0.516. The van der Waals surface area contributed by atoms with E-state index in [1.807, 2.05) is 0 Å². The Morgan fingerprint density at radius 1 is 1.43 bits per heavy atom. The molecular weight excluding hydrogens is 172 g/mol. The molecule has 1 aliphatic rings. The molecule has 1 saturated carbocycles. The minimum atomic E-state index is 0.849. The van der Waals surface area contributed by atoms with Crippen molar-refractivity contribution in [1.29, 1.82) is 0 Å². The zero-order valence-corrected chi connectivity index (χ0v) is 9.68. The van der Waals surface area contributed by atoms with Crippen LogP contribution in [0.1, 0.15) is 32.6 Å². The molecule has 14 heavy (non-hydrogen) atoms. The van der Waals surface area contributed by atoms with Crippen molar-refractivity contribution < 1.29 is 0 Å². The zero-order chi connectivity index (χ0) is 10.4. The van der Waals surface area contributed by atoms with Crippen LogP contribution in [0, 0.1) is 0 Å². The van der Waals surface area contributed by atoms with Crippen molar-refractivity contribution in [3.8, 4) is 0 Å². The molecule has 0 atom stereocenters. The molecule has 0 aromatic carbocycles. The Bertz CT molecular complexity index is 171. The van der Waals surface area contributed by atoms with Crippen molar-refractivity contribution in [2.75, 3.05) is 26.7 Å². The fourth-order valence-electron chi connectivity index (χ4n) is 2.08. The number of hydrogen-bond acceptors (Lipinski definition) is 2. The third-order valence-electron chi connectivity index (χ3n) is 3.02. The zero-order valence-electron chi connectivity index (χ0n) is 9.68. The highest BCUT2D eigenvalue weighted by Gasteiger charge is 2.18. The smallest absolute Gasteiger partial charge is 0.0159 e. The molecule has 82 valence electrons. The highest BCUT2D eigenvalue weighted by molar-refractivity contribution is 4.90. The van der Waals surface area contributed by atoms with Gasteiger partial charge in [0, 0.05) is 25.7 Å². The summed E-state index contributed by atoms with van der Waals surface area (Å²) < 4.78 is 0. The molecule has 1 aliphatic carbocycles. The molecule has 1 N–H and O–H groups in total. The number of nitrogens with zero attached hydrogens (tertiary/aromatic N) is 1. The summed E-state index contributed by atoms with van der Waals surface area (Å²) in [6, 6.07) is 0.849. The SMILES string of the molecule is C=C(C)CNCCN(C)C1CCCC1. The van der Waals surface area contributed by atoms with Gasteiger partial charge in [-0.2, -0.15) is 0 Å². The van der Waals surface area contributed by atoms with E-state index in [1.54, 1.807) is 0 Å². The summed E-state index contributed by atoms with van der Waals surface area (Å²) in [5.41, 5.74) is 1.22. The molecule has 0 aromatic heterocycles. The van der Waals surface area contributed by atoms with E-state index in [9.17, 15) is 0 Å². The largest absolute Gasteiger partial charge is 0.312 e. The summed E-state index contributed by atoms with van der Waals surface area (Å²) in [7, 11) is 2.25. The normalized spacial score (nSPS) is 17.9. The highest BCUT2D eigenvalue weighted by atomic mass is 15.1. The summed E-state index contributed by atoms with van der Waals surface area (Å²) in [6.45, 7) is 9.14. The fourth-order valence-corrected chi connectivity index (χ4v) is 2.08. The van der Waals surface area contributed by atoms with Gasteiger partial charge in [-0.25, -0.2) is 0 Å². The Balaban J connectivity index is 2.02. The van der Waals surface area contributed by atoms with Crippen LogP contribution in [0.2, 0.25) is 0 Å². The van der Waals surface area contributed by atoms with Crippen molar-refractivity contribution >= 4 is 0 Å². The van der Waals surface area contributed by atoms with Crippen LogP contribution >= 0.6 is 0 Å². The van der Waals surface area contributed by atoms with Gasteiger partial charge in [-0.05, 0) is 26.8 Å². The molecule has 0 unspecified atom stereocenters. The van der Waals surface area contributed by atoms with Crippen molar-refractivity contribution in [2.24, 2.45) is 0 Å². The van der Waals surface area contributed by atoms with Crippen LogP contribution in [0.3, 0.4) is 0 Å². The number of nitrogens with one attached hydrogen (secondary N) is 1. The Labute approximate surface area is 88.4 Å². The maximum atomic E-state index is 3.87. The van der Waals surface area contributed by atoms with Crippen molar-refractivity contribution in [2.45, 2.75) is 38.6 Å². The Morgan fingerprint density at radius 3 is 2.64 bits per heavy atom. The first kappa shape index (κ1) is 11.7. The Morgan fingerprint density at radius 2 is 2.07 bits per heavy atom. The first-order valence-electron chi connectivity index (χ1n) is 5.75. The minimum absolute atomic E-state index is 0.849. The number of rotatable bonds is 6. The van der Waals surface area contributed by atoms with Crippen molar-refractivity contribution in [3.63, 3.8) is 0 Å². The Hall–Kier alpha value is -0.340. The van der Waals surface area contributed by atoms with E-state index in [0.717, 1.165) is 25.7 Å². The average Bonchev–Trinajstić information content (AvgIpc) is 2.64. The van der Waals surface area contributed by atoms with Gasteiger partial charge < -0.3 is 10.2 Å². The lowest BCUT2D eigenvalue weighted by atomic mass is 10.2. The van der Waals surface area contributed by atoms with E-state index in [-0.39, 0.29) is 0 Å². The average molecular weight is 196 g/mol. The van der Waals surface area contributed by atoms with Crippen molar-refractivity contribution in [3.05, 3.63) is 12.2 Å². The van der Waals surface area contributed by atoms with E-state index >= 15 is 0 Å². The van der Waals surface area contributed by atoms with Gasteiger partial charge in [0.15, 0.2) is 0 Å². The van der Waals surface area contributed by atoms with E-state index in [0.29, 0.717) is 0 Å². The van der Waals surface area contributed by atoms with E-state index in [1.165, 1.54) is 31.3 Å². The summed E-state index contributed by atoms with van der Waals surface area (Å²) in [6.07, 6.45) is 5.65. The predicted octanol–water partition coefficient (Wildman–Crippen LogP) is 2.03. The number of likely N-dealkylation sites (N-methyl/N-ethyl adjacent to an activating group) is 1. The molecule has 0 saturated heterocycles. The lowest BCUT2D eigenvalue weighted by Crippen LogP contribution is -2.35. The molecule has 1 rings (SSSR count). The maximum absolute atomic E-state index is 3.87. The third-order valence-corrected chi connectivity index (χ3v) is 3.02. The van der Waals surface area contributed by atoms with Gasteiger partial charge in [-0.3, -0.25) is 0 Å². The van der Waals surface area contributed by atoms with Gasteiger partial charge in [0.25, 0.3) is 0 Å². The first-order valence-corrected chi connectivity index (χ1v) is 5.75. The van der Waals surface area contributed by atoms with Crippen LogP contribution in [0.25, 0.3) is 0 Å². The second-order valence-corrected chi connectivity index (χ2v) is 4.55. The van der Waals surface area contributed by atoms with Crippen LogP contribution in [-0.2, 0) is 0 Å². The Kier molecular flexibility index (Phi) is 5.20. The molecule has 1 fully saturated rings. The summed E-state index contributed by atoms with van der Waals surface area (Å²) in [5, 5.41) is 3.40. The maximum Gasteiger partial charge on any atom is 0.0159 e. The second-order valence-electron chi connectivity index (χ2n) is 4.55. The molecule has 0 spiro atoms. The monoisotopic (exact) mass is 196 g/mol. The van der Waals surface area contributed by atoms with Crippen LogP contribution in [0.5, 0.6) is 0 Å². The standard InChI is InChI=1S/C12H24N2/c1-11(2)10-13-8-9-14(3)12-6-4-5-7-12/h12-13H,1,4-10H2,2-3H3. The molecule has 0 bridgehead atoms. The first-order chi connectivity index (χ1) is 6.70. The molecule has 2 nitrogen and oxygen atoms in total.